The summed E-state index contributed by atoms with van der Waals surface area (Å²) in [6, 6.07) is 1.46. The van der Waals surface area contributed by atoms with E-state index in [1.165, 1.54) is 12.8 Å². The van der Waals surface area contributed by atoms with Crippen LogP contribution in [0.15, 0.2) is 0 Å². The first-order valence-corrected chi connectivity index (χ1v) is 5.40. The van der Waals surface area contributed by atoms with Crippen molar-refractivity contribution < 1.29 is 9.90 Å². The van der Waals surface area contributed by atoms with Gasteiger partial charge in [-0.1, -0.05) is 0 Å². The van der Waals surface area contributed by atoms with Crippen molar-refractivity contribution in [3.8, 4) is 0 Å². The zero-order valence-corrected chi connectivity index (χ0v) is 8.35. The van der Waals surface area contributed by atoms with Crippen molar-refractivity contribution in [2.75, 3.05) is 6.54 Å². The molecule has 3 N–H and O–H groups in total. The lowest BCUT2D eigenvalue weighted by Crippen LogP contribution is -2.47. The van der Waals surface area contributed by atoms with Crippen LogP contribution in [0, 0.1) is 0 Å². The van der Waals surface area contributed by atoms with E-state index in [1.54, 1.807) is 0 Å². The third-order valence-electron chi connectivity index (χ3n) is 3.50. The van der Waals surface area contributed by atoms with E-state index in [0.717, 1.165) is 12.8 Å². The zero-order valence-electron chi connectivity index (χ0n) is 8.35. The van der Waals surface area contributed by atoms with Gasteiger partial charge < -0.3 is 10.8 Å². The Kier molecular flexibility index (Phi) is 2.74. The lowest BCUT2D eigenvalue weighted by atomic mass is 9.98. The molecule has 2 aliphatic heterocycles. The van der Waals surface area contributed by atoms with E-state index in [1.807, 2.05) is 0 Å². The van der Waals surface area contributed by atoms with Crippen LogP contribution >= 0.6 is 0 Å². The van der Waals surface area contributed by atoms with Crippen LogP contribution in [0.25, 0.3) is 0 Å². The van der Waals surface area contributed by atoms with E-state index in [2.05, 4.69) is 4.90 Å². The van der Waals surface area contributed by atoms with Gasteiger partial charge in [-0.2, -0.15) is 0 Å². The SMILES string of the molecule is NC1CC2CCC(C1)N2CCC(=O)O. The van der Waals surface area contributed by atoms with Crippen molar-refractivity contribution in [2.45, 2.75) is 50.2 Å². The summed E-state index contributed by atoms with van der Waals surface area (Å²) in [6.45, 7) is 0.706. The second kappa shape index (κ2) is 3.87. The maximum Gasteiger partial charge on any atom is 0.304 e. The van der Waals surface area contributed by atoms with Gasteiger partial charge in [0.05, 0.1) is 6.42 Å². The molecule has 2 aliphatic rings. The Morgan fingerprint density at radius 3 is 2.43 bits per heavy atom. The molecule has 4 nitrogen and oxygen atoms in total. The van der Waals surface area contributed by atoms with Crippen LogP contribution in [0.1, 0.15) is 32.1 Å². The molecule has 2 rings (SSSR count). The van der Waals surface area contributed by atoms with Crippen LogP contribution in [0.3, 0.4) is 0 Å². The summed E-state index contributed by atoms with van der Waals surface area (Å²) in [6.07, 6.45) is 4.78. The lowest BCUT2D eigenvalue weighted by Gasteiger charge is -2.37. The maximum atomic E-state index is 10.5. The fraction of sp³-hybridized carbons (Fsp3) is 0.900. The quantitative estimate of drug-likeness (QED) is 0.689. The number of aliphatic carboxylic acids is 1. The Balaban J connectivity index is 1.90. The molecule has 0 saturated carbocycles. The molecule has 2 atom stereocenters. The second-order valence-corrected chi connectivity index (χ2v) is 4.50. The van der Waals surface area contributed by atoms with Gasteiger partial charge in [-0.3, -0.25) is 9.69 Å². The Morgan fingerprint density at radius 2 is 1.93 bits per heavy atom. The number of carboxylic acids is 1. The Labute approximate surface area is 84.1 Å². The van der Waals surface area contributed by atoms with Gasteiger partial charge in [0.15, 0.2) is 0 Å². The number of carbonyl (C=O) groups is 1. The Bertz CT molecular complexity index is 218. The number of hydrogen-bond donors (Lipinski definition) is 2. The molecule has 2 saturated heterocycles. The smallest absolute Gasteiger partial charge is 0.304 e. The van der Waals surface area contributed by atoms with E-state index < -0.39 is 5.97 Å². The number of nitrogens with zero attached hydrogens (tertiary/aromatic N) is 1. The van der Waals surface area contributed by atoms with Crippen molar-refractivity contribution in [1.82, 2.24) is 4.90 Å². The molecule has 0 aromatic carbocycles. The number of fused-ring (bicyclic) bond motifs is 2. The fourth-order valence-electron chi connectivity index (χ4n) is 2.91. The van der Waals surface area contributed by atoms with Crippen LogP contribution in [-0.4, -0.2) is 40.6 Å². The minimum atomic E-state index is -0.695. The van der Waals surface area contributed by atoms with Crippen LogP contribution in [0.5, 0.6) is 0 Å². The van der Waals surface area contributed by atoms with Crippen LogP contribution in [0.4, 0.5) is 0 Å². The van der Waals surface area contributed by atoms with Gasteiger partial charge in [0.2, 0.25) is 0 Å². The van der Waals surface area contributed by atoms with E-state index in [9.17, 15) is 4.79 Å². The fourth-order valence-corrected chi connectivity index (χ4v) is 2.91. The van der Waals surface area contributed by atoms with Gasteiger partial charge in [0.25, 0.3) is 0 Å². The first-order chi connectivity index (χ1) is 6.66. The van der Waals surface area contributed by atoms with E-state index >= 15 is 0 Å². The van der Waals surface area contributed by atoms with Crippen molar-refractivity contribution in [2.24, 2.45) is 5.73 Å². The number of carboxylic acid groups (broad SMARTS) is 1. The average molecular weight is 198 g/mol. The number of rotatable bonds is 3. The largest absolute Gasteiger partial charge is 0.481 e. The molecule has 2 unspecified atom stereocenters. The normalized spacial score (nSPS) is 37.4. The predicted octanol–water partition coefficient (Wildman–Crippen LogP) is 0.415. The molecular weight excluding hydrogens is 180 g/mol. The van der Waals surface area contributed by atoms with E-state index in [0.29, 0.717) is 24.7 Å². The van der Waals surface area contributed by atoms with E-state index in [4.69, 9.17) is 10.8 Å². The van der Waals surface area contributed by atoms with Gasteiger partial charge in [0.1, 0.15) is 0 Å². The molecule has 14 heavy (non-hydrogen) atoms. The molecule has 2 heterocycles. The highest BCUT2D eigenvalue weighted by molar-refractivity contribution is 5.66. The molecular formula is C10H18N2O2. The molecule has 0 spiro atoms. The summed E-state index contributed by atoms with van der Waals surface area (Å²) in [5, 5.41) is 8.64. The molecule has 0 aliphatic carbocycles. The first kappa shape index (κ1) is 9.93. The van der Waals surface area contributed by atoms with Crippen LogP contribution in [-0.2, 0) is 4.79 Å². The zero-order chi connectivity index (χ0) is 10.1. The van der Waals surface area contributed by atoms with Gasteiger partial charge in [0, 0.05) is 24.7 Å². The third-order valence-corrected chi connectivity index (χ3v) is 3.50. The van der Waals surface area contributed by atoms with Crippen molar-refractivity contribution in [1.29, 1.82) is 0 Å². The van der Waals surface area contributed by atoms with Gasteiger partial charge in [-0.05, 0) is 25.7 Å². The summed E-state index contributed by atoms with van der Waals surface area (Å²) in [4.78, 5) is 12.8. The Hall–Kier alpha value is -0.610. The molecule has 0 aromatic rings. The third kappa shape index (κ3) is 1.91. The molecule has 0 aromatic heterocycles. The highest BCUT2D eigenvalue weighted by Crippen LogP contribution is 2.34. The predicted molar refractivity (Wildman–Crippen MR) is 53.0 cm³/mol. The minimum absolute atomic E-state index is 0.266. The van der Waals surface area contributed by atoms with Crippen LogP contribution in [0.2, 0.25) is 0 Å². The number of hydrogen-bond acceptors (Lipinski definition) is 3. The maximum absolute atomic E-state index is 10.5. The summed E-state index contributed by atoms with van der Waals surface area (Å²) in [5.74, 6) is -0.695. The monoisotopic (exact) mass is 198 g/mol. The molecule has 80 valence electrons. The van der Waals surface area contributed by atoms with Crippen molar-refractivity contribution in [3.05, 3.63) is 0 Å². The molecule has 4 heteroatoms. The van der Waals surface area contributed by atoms with E-state index in [-0.39, 0.29) is 6.42 Å². The standard InChI is InChI=1S/C10H18N2O2/c11-7-5-8-1-2-9(6-7)12(8)4-3-10(13)14/h7-9H,1-6,11H2,(H,13,14). The van der Waals surface area contributed by atoms with Gasteiger partial charge in [-0.15, -0.1) is 0 Å². The minimum Gasteiger partial charge on any atom is -0.481 e. The first-order valence-electron chi connectivity index (χ1n) is 5.40. The van der Waals surface area contributed by atoms with Gasteiger partial charge in [-0.25, -0.2) is 0 Å². The topological polar surface area (TPSA) is 66.6 Å². The number of piperidine rings is 1. The molecule has 0 radical (unpaired) electrons. The Morgan fingerprint density at radius 1 is 1.36 bits per heavy atom. The lowest BCUT2D eigenvalue weighted by molar-refractivity contribution is -0.137. The van der Waals surface area contributed by atoms with Gasteiger partial charge >= 0.3 is 5.97 Å². The summed E-state index contributed by atoms with van der Waals surface area (Å²) >= 11 is 0. The van der Waals surface area contributed by atoms with Crippen molar-refractivity contribution >= 4 is 5.97 Å². The molecule has 2 fully saturated rings. The number of nitrogens with two attached hydrogens (primary N) is 1. The summed E-state index contributed by atoms with van der Waals surface area (Å²) in [7, 11) is 0. The molecule has 2 bridgehead atoms. The summed E-state index contributed by atoms with van der Waals surface area (Å²) in [5.41, 5.74) is 5.93. The van der Waals surface area contributed by atoms with Crippen LogP contribution < -0.4 is 5.73 Å². The highest BCUT2D eigenvalue weighted by atomic mass is 16.4. The van der Waals surface area contributed by atoms with Crippen molar-refractivity contribution in [3.63, 3.8) is 0 Å². The molecule has 0 amide bonds. The summed E-state index contributed by atoms with van der Waals surface area (Å²) < 4.78 is 0. The second-order valence-electron chi connectivity index (χ2n) is 4.50. The average Bonchev–Trinajstić information content (AvgIpc) is 2.34. The highest BCUT2D eigenvalue weighted by Gasteiger charge is 2.39.